The number of carbonyl (C=O) groups is 1. The molecule has 0 N–H and O–H groups in total. The number of rotatable bonds is 4. The topological polar surface area (TPSA) is 52.0 Å². The molecule has 0 aliphatic heterocycles. The minimum atomic E-state index is -0.435. The molecule has 0 saturated heterocycles. The van der Waals surface area contributed by atoms with E-state index in [0.29, 0.717) is 22.3 Å². The third-order valence-corrected chi connectivity index (χ3v) is 4.61. The standard InChI is InChI=1S/C21H21FN2O2/c1-12-6-5-7-13(2)20(12)24-15(4)23-19-11-18(22)16(9-8-14(3)25)10-17(19)21(24)26/h5-7,10-11H,8-9H2,1-4H3. The second-order valence-corrected chi connectivity index (χ2v) is 6.70. The van der Waals surface area contributed by atoms with Crippen LogP contribution in [0.15, 0.2) is 35.1 Å². The van der Waals surface area contributed by atoms with Crippen molar-refractivity contribution in [2.45, 2.75) is 40.5 Å². The van der Waals surface area contributed by atoms with E-state index in [0.717, 1.165) is 16.8 Å². The number of aryl methyl sites for hydroxylation is 4. The Balaban J connectivity index is 2.28. The van der Waals surface area contributed by atoms with Crippen molar-refractivity contribution >= 4 is 16.7 Å². The second kappa shape index (κ2) is 6.83. The molecule has 0 amide bonds. The van der Waals surface area contributed by atoms with Crippen molar-refractivity contribution in [1.29, 1.82) is 0 Å². The third kappa shape index (κ3) is 3.17. The average molecular weight is 352 g/mol. The van der Waals surface area contributed by atoms with Crippen LogP contribution in [0.3, 0.4) is 0 Å². The number of halogens is 1. The van der Waals surface area contributed by atoms with Crippen LogP contribution in [0, 0.1) is 26.6 Å². The zero-order valence-corrected chi connectivity index (χ0v) is 15.4. The van der Waals surface area contributed by atoms with E-state index in [-0.39, 0.29) is 24.2 Å². The van der Waals surface area contributed by atoms with E-state index in [1.54, 1.807) is 11.5 Å². The van der Waals surface area contributed by atoms with Crippen LogP contribution in [0.25, 0.3) is 16.6 Å². The molecular weight excluding hydrogens is 331 g/mol. The fourth-order valence-electron chi connectivity index (χ4n) is 3.29. The van der Waals surface area contributed by atoms with Gasteiger partial charge >= 0.3 is 0 Å². The van der Waals surface area contributed by atoms with E-state index in [9.17, 15) is 14.0 Å². The first-order valence-corrected chi connectivity index (χ1v) is 8.57. The maximum atomic E-state index is 14.3. The monoisotopic (exact) mass is 352 g/mol. The van der Waals surface area contributed by atoms with Gasteiger partial charge in [0.1, 0.15) is 17.4 Å². The van der Waals surface area contributed by atoms with Crippen LogP contribution in [-0.2, 0) is 11.2 Å². The molecule has 0 spiro atoms. The molecule has 0 aliphatic carbocycles. The Morgan fingerprint density at radius 2 is 1.81 bits per heavy atom. The van der Waals surface area contributed by atoms with Crippen LogP contribution in [-0.4, -0.2) is 15.3 Å². The minimum Gasteiger partial charge on any atom is -0.300 e. The number of aromatic nitrogens is 2. The number of para-hydroxylation sites is 1. The molecule has 0 unspecified atom stereocenters. The summed E-state index contributed by atoms with van der Waals surface area (Å²) in [4.78, 5) is 28.9. The fraction of sp³-hybridized carbons (Fsp3) is 0.286. The van der Waals surface area contributed by atoms with Gasteiger partial charge in [-0.1, -0.05) is 18.2 Å². The van der Waals surface area contributed by atoms with Gasteiger partial charge in [-0.15, -0.1) is 0 Å². The first kappa shape index (κ1) is 18.0. The van der Waals surface area contributed by atoms with Crippen LogP contribution in [0.4, 0.5) is 4.39 Å². The summed E-state index contributed by atoms with van der Waals surface area (Å²) >= 11 is 0. The van der Waals surface area contributed by atoms with Gasteiger partial charge in [-0.3, -0.25) is 9.36 Å². The summed E-state index contributed by atoms with van der Waals surface area (Å²) in [5, 5.41) is 0.359. The second-order valence-electron chi connectivity index (χ2n) is 6.70. The molecule has 0 radical (unpaired) electrons. The van der Waals surface area contributed by atoms with Gasteiger partial charge in [-0.05, 0) is 56.9 Å². The summed E-state index contributed by atoms with van der Waals surface area (Å²) in [7, 11) is 0. The van der Waals surface area contributed by atoms with E-state index in [4.69, 9.17) is 0 Å². The molecular formula is C21H21FN2O2. The average Bonchev–Trinajstić information content (AvgIpc) is 2.55. The predicted octanol–water partition coefficient (Wildman–Crippen LogP) is 3.97. The molecule has 1 heterocycles. The lowest BCUT2D eigenvalue weighted by Gasteiger charge is -2.16. The number of benzene rings is 2. The highest BCUT2D eigenvalue weighted by Crippen LogP contribution is 2.22. The normalized spacial score (nSPS) is 11.1. The number of nitrogens with zero attached hydrogens (tertiary/aromatic N) is 2. The van der Waals surface area contributed by atoms with Crippen molar-refractivity contribution in [3.05, 3.63) is 69.0 Å². The van der Waals surface area contributed by atoms with E-state index < -0.39 is 5.82 Å². The van der Waals surface area contributed by atoms with Crippen LogP contribution in [0.5, 0.6) is 0 Å². The molecule has 0 saturated carbocycles. The van der Waals surface area contributed by atoms with Gasteiger partial charge in [0.15, 0.2) is 0 Å². The lowest BCUT2D eigenvalue weighted by atomic mass is 10.0. The summed E-state index contributed by atoms with van der Waals surface area (Å²) in [6.07, 6.45) is 0.515. The highest BCUT2D eigenvalue weighted by atomic mass is 19.1. The smallest absolute Gasteiger partial charge is 0.265 e. The number of ketones is 1. The SMILES string of the molecule is CC(=O)CCc1cc2c(=O)n(-c3c(C)cccc3C)c(C)nc2cc1F. The number of carbonyl (C=O) groups excluding carboxylic acids is 1. The van der Waals surface area contributed by atoms with E-state index >= 15 is 0 Å². The maximum absolute atomic E-state index is 14.3. The van der Waals surface area contributed by atoms with Crippen molar-refractivity contribution in [3.63, 3.8) is 0 Å². The molecule has 5 heteroatoms. The highest BCUT2D eigenvalue weighted by molar-refractivity contribution is 5.80. The molecule has 4 nitrogen and oxygen atoms in total. The van der Waals surface area contributed by atoms with Gasteiger partial charge in [0.2, 0.25) is 0 Å². The first-order chi connectivity index (χ1) is 12.3. The van der Waals surface area contributed by atoms with E-state index in [1.165, 1.54) is 19.1 Å². The molecule has 2 aromatic carbocycles. The van der Waals surface area contributed by atoms with Crippen LogP contribution in [0.1, 0.15) is 35.9 Å². The molecule has 0 bridgehead atoms. The highest BCUT2D eigenvalue weighted by Gasteiger charge is 2.16. The van der Waals surface area contributed by atoms with Gasteiger partial charge in [0.05, 0.1) is 16.6 Å². The summed E-state index contributed by atoms with van der Waals surface area (Å²) < 4.78 is 15.9. The first-order valence-electron chi connectivity index (χ1n) is 8.57. The number of fused-ring (bicyclic) bond motifs is 1. The zero-order valence-electron chi connectivity index (χ0n) is 15.4. The van der Waals surface area contributed by atoms with E-state index in [2.05, 4.69) is 4.98 Å². The van der Waals surface area contributed by atoms with Gasteiger partial charge < -0.3 is 4.79 Å². The lowest BCUT2D eigenvalue weighted by molar-refractivity contribution is -0.116. The van der Waals surface area contributed by atoms with Crippen LogP contribution >= 0.6 is 0 Å². The van der Waals surface area contributed by atoms with Crippen molar-refractivity contribution in [3.8, 4) is 5.69 Å². The molecule has 3 aromatic rings. The largest absolute Gasteiger partial charge is 0.300 e. The van der Waals surface area contributed by atoms with Gasteiger partial charge in [-0.25, -0.2) is 9.37 Å². The fourth-order valence-corrected chi connectivity index (χ4v) is 3.29. The molecule has 0 fully saturated rings. The summed E-state index contributed by atoms with van der Waals surface area (Å²) in [5.41, 5.74) is 3.21. The third-order valence-electron chi connectivity index (χ3n) is 4.61. The zero-order chi connectivity index (χ0) is 19.0. The summed E-state index contributed by atoms with van der Waals surface area (Å²) in [6, 6.07) is 8.65. The van der Waals surface area contributed by atoms with Crippen molar-refractivity contribution in [2.24, 2.45) is 0 Å². The number of Topliss-reactive ketones (excluding diaryl/α,β-unsaturated/α-hetero) is 1. The molecule has 26 heavy (non-hydrogen) atoms. The van der Waals surface area contributed by atoms with Crippen molar-refractivity contribution in [1.82, 2.24) is 9.55 Å². The van der Waals surface area contributed by atoms with Gasteiger partial charge in [-0.2, -0.15) is 0 Å². The number of hydrogen-bond donors (Lipinski definition) is 0. The molecule has 134 valence electrons. The Morgan fingerprint density at radius 1 is 1.15 bits per heavy atom. The Hall–Kier alpha value is -2.82. The van der Waals surface area contributed by atoms with Crippen LogP contribution < -0.4 is 5.56 Å². The predicted molar refractivity (Wildman–Crippen MR) is 101 cm³/mol. The summed E-state index contributed by atoms with van der Waals surface area (Å²) in [6.45, 7) is 7.11. The van der Waals surface area contributed by atoms with Crippen molar-refractivity contribution < 1.29 is 9.18 Å². The Morgan fingerprint density at radius 3 is 2.42 bits per heavy atom. The number of hydrogen-bond acceptors (Lipinski definition) is 3. The maximum Gasteiger partial charge on any atom is 0.265 e. The molecule has 0 aliphatic rings. The minimum absolute atomic E-state index is 0.0144. The molecule has 3 rings (SSSR count). The van der Waals surface area contributed by atoms with Gasteiger partial charge in [0.25, 0.3) is 5.56 Å². The molecule has 1 aromatic heterocycles. The quantitative estimate of drug-likeness (QED) is 0.714. The Kier molecular flexibility index (Phi) is 4.72. The van der Waals surface area contributed by atoms with E-state index in [1.807, 2.05) is 32.0 Å². The Bertz CT molecular complexity index is 1060. The van der Waals surface area contributed by atoms with Crippen molar-refractivity contribution in [2.75, 3.05) is 0 Å². The Labute approximate surface area is 151 Å². The van der Waals surface area contributed by atoms with Crippen LogP contribution in [0.2, 0.25) is 0 Å². The summed E-state index contributed by atoms with van der Waals surface area (Å²) in [5.74, 6) is 0.0603. The lowest BCUT2D eigenvalue weighted by Crippen LogP contribution is -2.24. The molecule has 0 atom stereocenters. The van der Waals surface area contributed by atoms with Gasteiger partial charge in [0, 0.05) is 12.5 Å².